The normalized spacial score (nSPS) is 16.0. The van der Waals surface area contributed by atoms with Crippen LogP contribution in [0.2, 0.25) is 10.0 Å². The van der Waals surface area contributed by atoms with E-state index in [1.54, 1.807) is 0 Å². The molecule has 0 aliphatic heterocycles. The Morgan fingerprint density at radius 2 is 1.83 bits per heavy atom. The highest BCUT2D eigenvalue weighted by Crippen LogP contribution is 2.34. The van der Waals surface area contributed by atoms with Gasteiger partial charge < -0.3 is 35.3 Å². The fourth-order valence-electron chi connectivity index (χ4n) is 1.79. The lowest BCUT2D eigenvalue weighted by molar-refractivity contribution is -0.118. The summed E-state index contributed by atoms with van der Waals surface area (Å²) >= 11 is 11.8. The molecule has 0 saturated carbocycles. The SMILES string of the molecule is COc1c(Cl)ccc(Cl)c1C(=O)OC[C@@H](O)[C@@H](O)[C@H](O)[C@@H](N)C=O. The van der Waals surface area contributed by atoms with Gasteiger partial charge in [-0.1, -0.05) is 23.2 Å². The van der Waals surface area contributed by atoms with Crippen molar-refractivity contribution in [2.45, 2.75) is 24.4 Å². The van der Waals surface area contributed by atoms with Crippen molar-refractivity contribution < 1.29 is 34.4 Å². The summed E-state index contributed by atoms with van der Waals surface area (Å²) in [5.41, 5.74) is 5.08. The summed E-state index contributed by atoms with van der Waals surface area (Å²) in [5.74, 6) is -0.966. The zero-order valence-corrected chi connectivity index (χ0v) is 14.1. The first kappa shape index (κ1) is 20.6. The lowest BCUT2D eigenvalue weighted by Gasteiger charge is -2.24. The maximum absolute atomic E-state index is 12.1. The first-order valence-electron chi connectivity index (χ1n) is 6.68. The van der Waals surface area contributed by atoms with Crippen LogP contribution in [-0.4, -0.2) is 65.6 Å². The van der Waals surface area contributed by atoms with Crippen LogP contribution in [0, 0.1) is 0 Å². The van der Waals surface area contributed by atoms with E-state index in [4.69, 9.17) is 38.4 Å². The Morgan fingerprint density at radius 3 is 2.38 bits per heavy atom. The summed E-state index contributed by atoms with van der Waals surface area (Å²) in [6.07, 6.45) is -4.99. The highest BCUT2D eigenvalue weighted by molar-refractivity contribution is 6.37. The van der Waals surface area contributed by atoms with E-state index in [1.165, 1.54) is 19.2 Å². The highest BCUT2D eigenvalue weighted by Gasteiger charge is 2.31. The van der Waals surface area contributed by atoms with E-state index >= 15 is 0 Å². The molecule has 5 N–H and O–H groups in total. The van der Waals surface area contributed by atoms with Gasteiger partial charge in [0.25, 0.3) is 0 Å². The lowest BCUT2D eigenvalue weighted by Crippen LogP contribution is -2.50. The molecule has 4 atom stereocenters. The van der Waals surface area contributed by atoms with Gasteiger partial charge in [-0.2, -0.15) is 0 Å². The van der Waals surface area contributed by atoms with Gasteiger partial charge in [0.1, 0.15) is 36.8 Å². The molecule has 0 fully saturated rings. The molecule has 0 aliphatic rings. The molecule has 0 aromatic heterocycles. The fraction of sp³-hybridized carbons (Fsp3) is 0.429. The third kappa shape index (κ3) is 4.79. The number of halogens is 2. The highest BCUT2D eigenvalue weighted by atomic mass is 35.5. The van der Waals surface area contributed by atoms with E-state index in [2.05, 4.69) is 0 Å². The molecule has 0 bridgehead atoms. The minimum Gasteiger partial charge on any atom is -0.494 e. The number of aliphatic hydroxyl groups is 3. The van der Waals surface area contributed by atoms with Crippen LogP contribution in [0.4, 0.5) is 0 Å². The van der Waals surface area contributed by atoms with Crippen LogP contribution in [0.1, 0.15) is 10.4 Å². The quantitative estimate of drug-likeness (QED) is 0.357. The van der Waals surface area contributed by atoms with E-state index in [9.17, 15) is 24.9 Å². The Morgan fingerprint density at radius 1 is 1.25 bits per heavy atom. The number of hydrogen-bond donors (Lipinski definition) is 4. The number of ether oxygens (including phenoxy) is 2. The minimum absolute atomic E-state index is 0.00721. The molecule has 0 amide bonds. The molecule has 1 aromatic carbocycles. The second kappa shape index (κ2) is 9.16. The second-order valence-electron chi connectivity index (χ2n) is 4.80. The van der Waals surface area contributed by atoms with Crippen molar-refractivity contribution in [3.05, 3.63) is 27.7 Å². The van der Waals surface area contributed by atoms with E-state index in [0.29, 0.717) is 0 Å². The summed E-state index contributed by atoms with van der Waals surface area (Å²) in [5, 5.41) is 29.1. The smallest absolute Gasteiger partial charge is 0.343 e. The zero-order valence-electron chi connectivity index (χ0n) is 12.6. The van der Waals surface area contributed by atoms with Crippen molar-refractivity contribution in [1.82, 2.24) is 0 Å². The van der Waals surface area contributed by atoms with Crippen LogP contribution in [0.25, 0.3) is 0 Å². The van der Waals surface area contributed by atoms with Crippen LogP contribution in [0.5, 0.6) is 5.75 Å². The Kier molecular flexibility index (Phi) is 7.88. The molecule has 10 heteroatoms. The van der Waals surface area contributed by atoms with Crippen LogP contribution in [0.15, 0.2) is 12.1 Å². The van der Waals surface area contributed by atoms with Gasteiger partial charge in [-0.25, -0.2) is 4.79 Å². The number of methoxy groups -OCH3 is 1. The number of nitrogens with two attached hydrogens (primary N) is 1. The largest absolute Gasteiger partial charge is 0.494 e. The van der Waals surface area contributed by atoms with Gasteiger partial charge in [-0.15, -0.1) is 0 Å². The third-order valence-electron chi connectivity index (χ3n) is 3.15. The number of benzene rings is 1. The van der Waals surface area contributed by atoms with Crippen molar-refractivity contribution >= 4 is 35.5 Å². The van der Waals surface area contributed by atoms with Crippen molar-refractivity contribution in [2.75, 3.05) is 13.7 Å². The van der Waals surface area contributed by atoms with Crippen LogP contribution >= 0.6 is 23.2 Å². The van der Waals surface area contributed by atoms with Gasteiger partial charge in [-0.3, -0.25) is 0 Å². The van der Waals surface area contributed by atoms with Gasteiger partial charge >= 0.3 is 5.97 Å². The van der Waals surface area contributed by atoms with Gasteiger partial charge in [0, 0.05) is 0 Å². The van der Waals surface area contributed by atoms with Gasteiger partial charge in [0.2, 0.25) is 0 Å². The molecule has 0 radical (unpaired) electrons. The third-order valence-corrected chi connectivity index (χ3v) is 3.76. The summed E-state index contributed by atoms with van der Waals surface area (Å²) in [6.45, 7) is -0.686. The predicted molar refractivity (Wildman–Crippen MR) is 85.4 cm³/mol. The Balaban J connectivity index is 2.80. The molecule has 0 saturated heterocycles. The van der Waals surface area contributed by atoms with E-state index < -0.39 is 36.9 Å². The van der Waals surface area contributed by atoms with Gasteiger partial charge in [0.05, 0.1) is 23.2 Å². The number of aldehydes is 1. The average molecular weight is 382 g/mol. The number of carbonyl (C=O) groups is 2. The molecule has 1 rings (SSSR count). The number of aliphatic hydroxyl groups excluding tert-OH is 3. The minimum atomic E-state index is -1.80. The first-order valence-corrected chi connectivity index (χ1v) is 7.44. The molecule has 0 heterocycles. The predicted octanol–water partition coefficient (Wildman–Crippen LogP) is -0.232. The summed E-state index contributed by atoms with van der Waals surface area (Å²) < 4.78 is 9.83. The number of esters is 1. The lowest BCUT2D eigenvalue weighted by atomic mass is 10.0. The Bertz CT molecular complexity index is 599. The summed E-state index contributed by atoms with van der Waals surface area (Å²) in [7, 11) is 1.28. The zero-order chi connectivity index (χ0) is 18.4. The molecule has 8 nitrogen and oxygen atoms in total. The first-order chi connectivity index (χ1) is 11.2. The molecule has 134 valence electrons. The van der Waals surface area contributed by atoms with E-state index in [-0.39, 0.29) is 27.6 Å². The van der Waals surface area contributed by atoms with Crippen LogP contribution in [0.3, 0.4) is 0 Å². The van der Waals surface area contributed by atoms with Crippen molar-refractivity contribution in [3.63, 3.8) is 0 Å². The average Bonchev–Trinajstić information content (AvgIpc) is 2.58. The molecule has 24 heavy (non-hydrogen) atoms. The van der Waals surface area contributed by atoms with Gasteiger partial charge in [-0.05, 0) is 12.1 Å². The maximum Gasteiger partial charge on any atom is 0.343 e. The second-order valence-corrected chi connectivity index (χ2v) is 5.61. The maximum atomic E-state index is 12.1. The molecule has 0 unspecified atom stereocenters. The molecular weight excluding hydrogens is 365 g/mol. The van der Waals surface area contributed by atoms with Gasteiger partial charge in [0.15, 0.2) is 5.75 Å². The molecular formula is C14H17Cl2NO7. The summed E-state index contributed by atoms with van der Waals surface area (Å²) in [4.78, 5) is 22.6. The molecule has 1 aromatic rings. The van der Waals surface area contributed by atoms with Crippen molar-refractivity contribution in [2.24, 2.45) is 5.73 Å². The standard InChI is InChI=1S/C14H17Cl2NO7/c1-23-13-7(16)3-2-6(15)10(13)14(22)24-5-9(19)12(21)11(20)8(17)4-18/h2-4,8-9,11-12,19-21H,5,17H2,1H3/t8-,9+,11+,12+/m0/s1. The van der Waals surface area contributed by atoms with Crippen molar-refractivity contribution in [1.29, 1.82) is 0 Å². The number of carbonyl (C=O) groups excluding carboxylic acids is 2. The van der Waals surface area contributed by atoms with Crippen molar-refractivity contribution in [3.8, 4) is 5.75 Å². The molecule has 0 spiro atoms. The van der Waals surface area contributed by atoms with E-state index in [1.807, 2.05) is 0 Å². The molecule has 0 aliphatic carbocycles. The Hall–Kier alpha value is -1.42. The van der Waals surface area contributed by atoms with Crippen LogP contribution in [-0.2, 0) is 9.53 Å². The topological polar surface area (TPSA) is 139 Å². The van der Waals surface area contributed by atoms with Crippen LogP contribution < -0.4 is 10.5 Å². The van der Waals surface area contributed by atoms with E-state index in [0.717, 1.165) is 0 Å². The Labute approximate surface area is 147 Å². The monoisotopic (exact) mass is 381 g/mol. The number of rotatable bonds is 8. The number of hydrogen-bond acceptors (Lipinski definition) is 8. The fourth-order valence-corrected chi connectivity index (χ4v) is 2.25. The summed E-state index contributed by atoms with van der Waals surface area (Å²) in [6, 6.07) is 1.39.